The number of hydrogen-bond donors (Lipinski definition) is 0. The van der Waals surface area contributed by atoms with Gasteiger partial charge in [-0.1, -0.05) is 0 Å². The minimum absolute atomic E-state index is 0. The molecule has 39 heavy (non-hydrogen) atoms. The molecule has 4 fully saturated rings. The fourth-order valence-corrected chi connectivity index (χ4v) is 24.9. The van der Waals surface area contributed by atoms with Gasteiger partial charge in [-0.3, -0.25) is 0 Å². The zero-order valence-corrected chi connectivity index (χ0v) is 26.5. The Morgan fingerprint density at radius 2 is 0.846 bits per heavy atom. The first-order chi connectivity index (χ1) is 18.4. The van der Waals surface area contributed by atoms with Crippen molar-refractivity contribution in [3.05, 3.63) is 81.9 Å². The van der Waals surface area contributed by atoms with E-state index in [0.717, 1.165) is 28.7 Å². The second-order valence-corrected chi connectivity index (χ2v) is 20.8. The molecule has 4 atom stereocenters. The molecule has 4 unspecified atom stereocenters. The van der Waals surface area contributed by atoms with Gasteiger partial charge in [-0.05, 0) is 0 Å². The van der Waals surface area contributed by atoms with Crippen molar-refractivity contribution in [2.75, 3.05) is 0 Å². The van der Waals surface area contributed by atoms with E-state index in [1.165, 1.54) is 77.0 Å². The Kier molecular flexibility index (Phi) is 8.34. The van der Waals surface area contributed by atoms with E-state index in [2.05, 4.69) is 60.7 Å². The molecule has 1 heterocycles. The van der Waals surface area contributed by atoms with Crippen molar-refractivity contribution in [1.82, 2.24) is 0 Å². The van der Waals surface area contributed by atoms with Gasteiger partial charge >= 0.3 is 229 Å². The average molecular weight is 596 g/mol. The van der Waals surface area contributed by atoms with Crippen molar-refractivity contribution in [2.45, 2.75) is 107 Å². The molecule has 6 aliphatic rings. The quantitative estimate of drug-likeness (QED) is 0.448. The summed E-state index contributed by atoms with van der Waals surface area (Å²) in [4.78, 5) is 0. The van der Waals surface area contributed by atoms with E-state index in [1.807, 2.05) is 11.1 Å². The number of rotatable bonds is 4. The van der Waals surface area contributed by atoms with Crippen LogP contribution in [0, 0.1) is 11.8 Å². The Bertz CT molecular complexity index is 1150. The normalized spacial score (nSPS) is 31.9. The number of benzene rings is 2. The number of hydrogen-bond acceptors (Lipinski definition) is 0. The van der Waals surface area contributed by atoms with E-state index in [-0.39, 0.29) is 24.8 Å². The van der Waals surface area contributed by atoms with Gasteiger partial charge in [-0.25, -0.2) is 0 Å². The molecule has 0 aromatic heterocycles. The summed E-state index contributed by atoms with van der Waals surface area (Å²) in [5, 5.41) is 0. The zero-order valence-electron chi connectivity index (χ0n) is 23.4. The molecule has 2 aromatic rings. The van der Waals surface area contributed by atoms with Crippen LogP contribution in [-0.2, 0) is 16.6 Å². The van der Waals surface area contributed by atoms with Crippen LogP contribution in [-0.4, -0.2) is 0 Å². The Morgan fingerprint density at radius 1 is 0.462 bits per heavy atom. The van der Waals surface area contributed by atoms with Crippen molar-refractivity contribution in [1.29, 1.82) is 0 Å². The second-order valence-electron chi connectivity index (χ2n) is 13.6. The fraction of sp³-hybridized carbons (Fsp3) is 0.556. The topological polar surface area (TPSA) is 0 Å². The van der Waals surface area contributed by atoms with E-state index in [9.17, 15) is 0 Å². The molecule has 1 saturated heterocycles. The maximum Gasteiger partial charge on any atom is -1.00 e. The predicted molar refractivity (Wildman–Crippen MR) is 153 cm³/mol. The third-order valence-corrected chi connectivity index (χ3v) is 22.7. The van der Waals surface area contributed by atoms with Crippen LogP contribution in [0.15, 0.2) is 59.7 Å². The van der Waals surface area contributed by atoms with Gasteiger partial charge in [0.2, 0.25) is 0 Å². The molecule has 1 aliphatic heterocycles. The molecule has 0 radical (unpaired) electrons. The fourth-order valence-electron chi connectivity index (χ4n) is 10.6. The average Bonchev–Trinajstić information content (AvgIpc) is 3.26. The zero-order chi connectivity index (χ0) is 24.4. The molecule has 2 aromatic carbocycles. The maximum atomic E-state index is 2.76. The van der Waals surface area contributed by atoms with Crippen molar-refractivity contribution in [3.63, 3.8) is 0 Å². The molecule has 206 valence electrons. The van der Waals surface area contributed by atoms with Crippen LogP contribution in [0.4, 0.5) is 0 Å². The Balaban J connectivity index is 0.00000138. The van der Waals surface area contributed by atoms with E-state index in [1.54, 1.807) is 35.1 Å². The molecule has 8 rings (SSSR count). The van der Waals surface area contributed by atoms with Crippen LogP contribution >= 0.6 is 0 Å². The van der Waals surface area contributed by atoms with Crippen LogP contribution in [0.3, 0.4) is 0 Å². The van der Waals surface area contributed by atoms with E-state index < -0.39 is 16.6 Å². The van der Waals surface area contributed by atoms with E-state index in [4.69, 9.17) is 0 Å². The number of halogens is 2. The van der Waals surface area contributed by atoms with Gasteiger partial charge in [0.1, 0.15) is 0 Å². The van der Waals surface area contributed by atoms with E-state index in [0.29, 0.717) is 0 Å². The first kappa shape index (κ1) is 28.3. The summed E-state index contributed by atoms with van der Waals surface area (Å²) in [6, 6.07) is 19.5. The number of allylic oxidation sites excluding steroid dienone is 2. The van der Waals surface area contributed by atoms with Crippen LogP contribution in [0.25, 0.3) is 12.2 Å². The minimum atomic E-state index is -2.46. The monoisotopic (exact) mass is 594 g/mol. The van der Waals surface area contributed by atoms with Gasteiger partial charge in [0.25, 0.3) is 0 Å². The summed E-state index contributed by atoms with van der Waals surface area (Å²) in [7, 11) is 0. The van der Waals surface area contributed by atoms with Gasteiger partial charge in [0.05, 0.1) is 0 Å². The summed E-state index contributed by atoms with van der Waals surface area (Å²) < 4.78 is 3.85. The molecular formula is C36H44Cl2Ti. The molecule has 0 nitrogen and oxygen atoms in total. The molecule has 0 N–H and O–H groups in total. The largest absolute Gasteiger partial charge is 1.00 e. The van der Waals surface area contributed by atoms with Gasteiger partial charge in [0.15, 0.2) is 0 Å². The molecular weight excluding hydrogens is 551 g/mol. The van der Waals surface area contributed by atoms with Crippen molar-refractivity contribution in [3.8, 4) is 0 Å². The molecule has 3 saturated carbocycles. The van der Waals surface area contributed by atoms with Crippen molar-refractivity contribution >= 4 is 12.2 Å². The third-order valence-electron chi connectivity index (χ3n) is 12.0. The second kappa shape index (κ2) is 11.5. The number of fused-ring (bicyclic) bond motifs is 3. The molecule has 0 amide bonds. The van der Waals surface area contributed by atoms with Crippen molar-refractivity contribution in [2.24, 2.45) is 11.8 Å². The Labute approximate surface area is 252 Å². The van der Waals surface area contributed by atoms with Gasteiger partial charge < -0.3 is 24.8 Å². The predicted octanol–water partition coefficient (Wildman–Crippen LogP) is 4.75. The van der Waals surface area contributed by atoms with Crippen molar-refractivity contribution < 1.29 is 41.4 Å². The van der Waals surface area contributed by atoms with E-state index >= 15 is 0 Å². The SMILES string of the molecule is C1=C(C2CCCCC2)[CH]([Ti+2]2([CH]3C(C4CCCCC4)=Cc4ccccc43)[CH]3CCCC[CH]32)c2ccccc21.[Cl-].[Cl-]. The first-order valence-corrected chi connectivity index (χ1v) is 19.6. The summed E-state index contributed by atoms with van der Waals surface area (Å²) >= 11 is -2.46. The van der Waals surface area contributed by atoms with Gasteiger partial charge in [-0.15, -0.1) is 0 Å². The molecule has 0 spiro atoms. The van der Waals surface area contributed by atoms with Crippen LogP contribution in [0.1, 0.15) is 121 Å². The Hall–Kier alpha value is -0.786. The van der Waals surface area contributed by atoms with Crippen LogP contribution in [0.2, 0.25) is 8.45 Å². The van der Waals surface area contributed by atoms with Gasteiger partial charge in [-0.2, -0.15) is 0 Å². The summed E-state index contributed by atoms with van der Waals surface area (Å²) in [5.74, 6) is 1.71. The summed E-state index contributed by atoms with van der Waals surface area (Å²) in [6.45, 7) is 0. The smallest absolute Gasteiger partial charge is 1.00 e. The minimum Gasteiger partial charge on any atom is -1.00 e. The molecule has 0 bridgehead atoms. The summed E-state index contributed by atoms with van der Waals surface area (Å²) in [6.07, 6.45) is 26.2. The molecule has 5 aliphatic carbocycles. The Morgan fingerprint density at radius 3 is 1.28 bits per heavy atom. The standard InChI is InChI=1S/2C15H17.C6H10.2ClH.Ti/c2*1-2-6-12(7-3-1)15-10-13-8-4-5-9-14(13)11-15;1-2-4-6-5-3-1;;;/h2*4-5,8-12H,1-3,6-7H2;1-2H,3-6H2;2*1H;/q;;;;;+2/p-2. The third kappa shape index (κ3) is 4.42. The van der Waals surface area contributed by atoms with Crippen LogP contribution < -0.4 is 24.8 Å². The van der Waals surface area contributed by atoms with Crippen LogP contribution in [0.5, 0.6) is 0 Å². The first-order valence-electron chi connectivity index (χ1n) is 16.0. The van der Waals surface area contributed by atoms with Gasteiger partial charge in [0, 0.05) is 0 Å². The maximum absolute atomic E-state index is 2.76. The summed E-state index contributed by atoms with van der Waals surface area (Å²) in [5.41, 5.74) is 10.7. The molecule has 3 heteroatoms.